The molecule has 8 heteroatoms. The summed E-state index contributed by atoms with van der Waals surface area (Å²) < 4.78 is 1.97. The minimum Gasteiger partial charge on any atom is -0.373 e. The van der Waals surface area contributed by atoms with Gasteiger partial charge in [0.2, 0.25) is 0 Å². The van der Waals surface area contributed by atoms with Gasteiger partial charge in [0.15, 0.2) is 5.13 Å². The average molecular weight is 412 g/mol. The number of fused-ring (bicyclic) bond motifs is 2. The molecule has 0 radical (unpaired) electrons. The van der Waals surface area contributed by atoms with Crippen LogP contribution in [0.4, 0.5) is 5.13 Å². The lowest BCUT2D eigenvalue weighted by Crippen LogP contribution is -2.31. The lowest BCUT2D eigenvalue weighted by atomic mass is 9.94. The molecule has 0 bridgehead atoms. The lowest BCUT2D eigenvalue weighted by molar-refractivity contribution is 0.151. The van der Waals surface area contributed by atoms with Crippen LogP contribution in [-0.4, -0.2) is 31.1 Å². The minimum absolute atomic E-state index is 0.0129. The SMILES string of the molecule is OC(Nc1ncc(-c2ccc3cnc(Cl)cc3c2)s1)C1CCCn2nccc21. The number of hydrogen-bond donors (Lipinski definition) is 2. The number of halogens is 1. The summed E-state index contributed by atoms with van der Waals surface area (Å²) >= 11 is 7.54. The van der Waals surface area contributed by atoms with Gasteiger partial charge >= 0.3 is 0 Å². The molecule has 0 spiro atoms. The van der Waals surface area contributed by atoms with Crippen LogP contribution in [0.2, 0.25) is 5.15 Å². The molecule has 142 valence electrons. The number of nitrogens with one attached hydrogen (secondary N) is 1. The topological polar surface area (TPSA) is 75.9 Å². The zero-order valence-electron chi connectivity index (χ0n) is 14.9. The summed E-state index contributed by atoms with van der Waals surface area (Å²) in [6, 6.07) is 9.99. The quantitative estimate of drug-likeness (QED) is 0.381. The van der Waals surface area contributed by atoms with Gasteiger partial charge in [-0.1, -0.05) is 35.1 Å². The largest absolute Gasteiger partial charge is 0.373 e. The molecule has 28 heavy (non-hydrogen) atoms. The zero-order chi connectivity index (χ0) is 19.1. The minimum atomic E-state index is -0.698. The van der Waals surface area contributed by atoms with Gasteiger partial charge in [0.25, 0.3) is 0 Å². The van der Waals surface area contributed by atoms with Crippen molar-refractivity contribution in [2.45, 2.75) is 31.5 Å². The summed E-state index contributed by atoms with van der Waals surface area (Å²) in [6.45, 7) is 0.911. The van der Waals surface area contributed by atoms with Gasteiger partial charge in [-0.15, -0.1) is 0 Å². The number of aliphatic hydroxyl groups is 1. The molecule has 2 atom stereocenters. The number of aromatic nitrogens is 4. The van der Waals surface area contributed by atoms with E-state index in [2.05, 4.69) is 26.4 Å². The Morgan fingerprint density at radius 2 is 2.11 bits per heavy atom. The van der Waals surface area contributed by atoms with E-state index in [1.807, 2.05) is 35.1 Å². The van der Waals surface area contributed by atoms with Crippen molar-refractivity contribution in [2.24, 2.45) is 0 Å². The number of thiazole rings is 1. The van der Waals surface area contributed by atoms with Crippen LogP contribution >= 0.6 is 22.9 Å². The van der Waals surface area contributed by atoms with Crippen molar-refractivity contribution in [2.75, 3.05) is 5.32 Å². The predicted molar refractivity (Wildman–Crippen MR) is 112 cm³/mol. The number of pyridine rings is 1. The van der Waals surface area contributed by atoms with Gasteiger partial charge in [-0.05, 0) is 42.0 Å². The fourth-order valence-electron chi connectivity index (χ4n) is 3.74. The maximum atomic E-state index is 10.7. The van der Waals surface area contributed by atoms with Crippen molar-refractivity contribution in [1.82, 2.24) is 19.7 Å². The molecule has 5 rings (SSSR count). The predicted octanol–water partition coefficient (Wildman–Crippen LogP) is 4.52. The van der Waals surface area contributed by atoms with Gasteiger partial charge < -0.3 is 10.4 Å². The highest BCUT2D eigenvalue weighted by Gasteiger charge is 2.28. The summed E-state index contributed by atoms with van der Waals surface area (Å²) in [7, 11) is 0. The molecule has 4 aromatic rings. The first-order valence-corrected chi connectivity index (χ1v) is 10.3. The Balaban J connectivity index is 1.37. The van der Waals surface area contributed by atoms with Crippen LogP contribution in [0.1, 0.15) is 24.5 Å². The van der Waals surface area contributed by atoms with Crippen molar-refractivity contribution in [3.8, 4) is 10.4 Å². The van der Waals surface area contributed by atoms with Gasteiger partial charge in [-0.2, -0.15) is 5.10 Å². The van der Waals surface area contributed by atoms with E-state index in [1.165, 1.54) is 11.3 Å². The van der Waals surface area contributed by atoms with Crippen LogP contribution in [0.3, 0.4) is 0 Å². The van der Waals surface area contributed by atoms with Gasteiger partial charge in [0.05, 0.1) is 4.88 Å². The van der Waals surface area contributed by atoms with Crippen molar-refractivity contribution in [3.05, 3.63) is 59.8 Å². The summed E-state index contributed by atoms with van der Waals surface area (Å²) in [6.07, 6.45) is 6.63. The van der Waals surface area contributed by atoms with Crippen molar-refractivity contribution in [1.29, 1.82) is 0 Å². The highest BCUT2D eigenvalue weighted by Crippen LogP contribution is 2.34. The standard InChI is InChI=1S/C20H18ClN5OS/c21-18-9-14-8-12(3-4-13(14)10-22-18)17-11-23-20(28-17)25-19(27)15-2-1-7-26-16(15)5-6-24-26/h3-6,8-11,15,19,27H,1-2,7H2,(H,23,25). The molecule has 6 nitrogen and oxygen atoms in total. The molecule has 3 aromatic heterocycles. The Morgan fingerprint density at radius 1 is 1.18 bits per heavy atom. The van der Waals surface area contributed by atoms with Crippen molar-refractivity contribution < 1.29 is 5.11 Å². The highest BCUT2D eigenvalue weighted by molar-refractivity contribution is 7.18. The molecule has 4 heterocycles. The molecular weight excluding hydrogens is 394 g/mol. The normalized spacial score (nSPS) is 17.4. The summed E-state index contributed by atoms with van der Waals surface area (Å²) in [5.41, 5.74) is 2.13. The smallest absolute Gasteiger partial charge is 0.185 e. The van der Waals surface area contributed by atoms with Gasteiger partial charge in [-0.25, -0.2) is 9.97 Å². The summed E-state index contributed by atoms with van der Waals surface area (Å²) in [5, 5.41) is 21.5. The van der Waals surface area contributed by atoms with Gasteiger partial charge in [0.1, 0.15) is 11.4 Å². The lowest BCUT2D eigenvalue weighted by Gasteiger charge is -2.28. The van der Waals surface area contributed by atoms with Crippen LogP contribution in [0.5, 0.6) is 0 Å². The monoisotopic (exact) mass is 411 g/mol. The molecule has 0 saturated heterocycles. The van der Waals surface area contributed by atoms with Crippen LogP contribution in [-0.2, 0) is 6.54 Å². The first-order valence-electron chi connectivity index (χ1n) is 9.15. The Labute approximate surface area is 170 Å². The molecular formula is C20H18ClN5OS. The summed E-state index contributed by atoms with van der Waals surface area (Å²) in [5.74, 6) is 0.0129. The van der Waals surface area contributed by atoms with Crippen molar-refractivity contribution >= 4 is 38.8 Å². The third-order valence-corrected chi connectivity index (χ3v) is 6.33. The summed E-state index contributed by atoms with van der Waals surface area (Å²) in [4.78, 5) is 9.60. The van der Waals surface area contributed by atoms with E-state index < -0.39 is 6.23 Å². The third kappa shape index (κ3) is 3.26. The number of benzene rings is 1. The molecule has 0 aliphatic carbocycles. The number of rotatable bonds is 4. The van der Waals surface area contributed by atoms with Crippen LogP contribution in [0.15, 0.2) is 48.9 Å². The maximum Gasteiger partial charge on any atom is 0.185 e. The van der Waals surface area contributed by atoms with E-state index >= 15 is 0 Å². The van der Waals surface area contributed by atoms with Crippen molar-refractivity contribution in [3.63, 3.8) is 0 Å². The second-order valence-electron chi connectivity index (χ2n) is 6.92. The number of hydrogen-bond acceptors (Lipinski definition) is 6. The Kier molecular flexibility index (Phi) is 4.50. The molecule has 2 unspecified atom stereocenters. The Morgan fingerprint density at radius 3 is 3.04 bits per heavy atom. The third-order valence-electron chi connectivity index (χ3n) is 5.15. The fourth-order valence-corrected chi connectivity index (χ4v) is 4.75. The fraction of sp³-hybridized carbons (Fsp3) is 0.250. The Hall–Kier alpha value is -2.48. The highest BCUT2D eigenvalue weighted by atomic mass is 35.5. The van der Waals surface area contributed by atoms with Gasteiger partial charge in [-0.3, -0.25) is 4.68 Å². The van der Waals surface area contributed by atoms with E-state index in [0.717, 1.165) is 46.3 Å². The molecule has 0 saturated carbocycles. The second-order valence-corrected chi connectivity index (χ2v) is 8.33. The maximum absolute atomic E-state index is 10.7. The molecule has 2 N–H and O–H groups in total. The zero-order valence-corrected chi connectivity index (χ0v) is 16.5. The molecule has 1 aliphatic rings. The van der Waals surface area contributed by atoms with Crippen LogP contribution in [0, 0.1) is 0 Å². The van der Waals surface area contributed by atoms with Gasteiger partial charge in [0, 0.05) is 42.1 Å². The first-order chi connectivity index (χ1) is 13.7. The number of aryl methyl sites for hydroxylation is 1. The first kappa shape index (κ1) is 17.6. The molecule has 0 amide bonds. The van der Waals surface area contributed by atoms with E-state index in [9.17, 15) is 5.11 Å². The second kappa shape index (κ2) is 7.16. The number of nitrogens with zero attached hydrogens (tertiary/aromatic N) is 4. The van der Waals surface area contributed by atoms with E-state index in [1.54, 1.807) is 12.4 Å². The van der Waals surface area contributed by atoms with E-state index in [0.29, 0.717) is 10.3 Å². The van der Waals surface area contributed by atoms with E-state index in [4.69, 9.17) is 11.6 Å². The molecule has 1 aliphatic heterocycles. The number of anilines is 1. The number of aliphatic hydroxyl groups excluding tert-OH is 1. The van der Waals surface area contributed by atoms with Crippen LogP contribution in [0.25, 0.3) is 21.2 Å². The Bertz CT molecular complexity index is 1140. The average Bonchev–Trinajstić information content (AvgIpc) is 3.36. The van der Waals surface area contributed by atoms with E-state index in [-0.39, 0.29) is 5.92 Å². The van der Waals surface area contributed by atoms with Crippen LogP contribution < -0.4 is 5.32 Å². The molecule has 0 fully saturated rings. The molecule has 1 aromatic carbocycles.